The zero-order valence-electron chi connectivity index (χ0n) is 16.7. The molecule has 0 aromatic rings. The molecule has 160 valence electrons. The molecule has 1 fully saturated rings. The average molecular weight is 400 g/mol. The van der Waals surface area contributed by atoms with Crippen molar-refractivity contribution in [2.24, 2.45) is 0 Å². The number of aliphatic hydroxyl groups is 2. The summed E-state index contributed by atoms with van der Waals surface area (Å²) in [6.45, 7) is 9.95. The molecule has 8 nitrogen and oxygen atoms in total. The zero-order valence-corrected chi connectivity index (χ0v) is 16.7. The van der Waals surface area contributed by atoms with E-state index in [1.165, 1.54) is 0 Å². The van der Waals surface area contributed by atoms with Crippen LogP contribution in [0.25, 0.3) is 0 Å². The van der Waals surface area contributed by atoms with Crippen molar-refractivity contribution in [3.05, 3.63) is 24.3 Å². The van der Waals surface area contributed by atoms with Crippen LogP contribution in [0.2, 0.25) is 0 Å². The molecule has 0 aliphatic heterocycles. The van der Waals surface area contributed by atoms with Gasteiger partial charge in [0.25, 0.3) is 0 Å². The fourth-order valence-electron chi connectivity index (χ4n) is 2.55. The summed E-state index contributed by atoms with van der Waals surface area (Å²) < 4.78 is 21.1. The Labute approximate surface area is 166 Å². The van der Waals surface area contributed by atoms with Gasteiger partial charge in [-0.3, -0.25) is 0 Å². The maximum atomic E-state index is 11.3. The summed E-state index contributed by atoms with van der Waals surface area (Å²) in [5.74, 6) is -1.07. The quantitative estimate of drug-likeness (QED) is 0.372. The molecule has 1 aliphatic rings. The average Bonchev–Trinajstić information content (AvgIpc) is 2.67. The van der Waals surface area contributed by atoms with Crippen molar-refractivity contribution in [1.82, 2.24) is 0 Å². The van der Waals surface area contributed by atoms with Gasteiger partial charge < -0.3 is 29.2 Å². The normalized spacial score (nSPS) is 21.4. The first kappa shape index (κ1) is 24.3. The smallest absolute Gasteiger partial charge is 0.333 e. The molecular weight excluding hydrogens is 368 g/mol. The molecular formula is C20H32O8. The Kier molecular flexibility index (Phi) is 11.0. The van der Waals surface area contributed by atoms with Crippen LogP contribution in [0.3, 0.4) is 0 Å². The predicted octanol–water partition coefficient (Wildman–Crippen LogP) is 1.29. The van der Waals surface area contributed by atoms with Gasteiger partial charge in [-0.25, -0.2) is 9.59 Å². The van der Waals surface area contributed by atoms with Crippen LogP contribution in [0.15, 0.2) is 24.3 Å². The first-order valence-electron chi connectivity index (χ1n) is 9.43. The van der Waals surface area contributed by atoms with E-state index in [-0.39, 0.29) is 49.8 Å². The fraction of sp³-hybridized carbons (Fsp3) is 0.700. The van der Waals surface area contributed by atoms with Crippen molar-refractivity contribution in [3.63, 3.8) is 0 Å². The highest BCUT2D eigenvalue weighted by Crippen LogP contribution is 2.23. The van der Waals surface area contributed by atoms with Gasteiger partial charge in [-0.2, -0.15) is 0 Å². The van der Waals surface area contributed by atoms with Crippen molar-refractivity contribution in [2.75, 3.05) is 26.4 Å². The summed E-state index contributed by atoms with van der Waals surface area (Å²) in [7, 11) is 0. The monoisotopic (exact) mass is 400 g/mol. The highest BCUT2D eigenvalue weighted by molar-refractivity contribution is 5.87. The molecule has 1 rings (SSSR count). The lowest BCUT2D eigenvalue weighted by atomic mass is 9.95. The summed E-state index contributed by atoms with van der Waals surface area (Å²) >= 11 is 0. The second kappa shape index (κ2) is 12.7. The van der Waals surface area contributed by atoms with Gasteiger partial charge in [-0.05, 0) is 39.5 Å². The Bertz CT molecular complexity index is 488. The SMILES string of the molecule is C=C(C)C(=O)OCC(O)COC1CCC(OCC(O)COC(=O)C(=C)C)CC1. The molecule has 28 heavy (non-hydrogen) atoms. The molecule has 0 spiro atoms. The van der Waals surface area contributed by atoms with E-state index in [2.05, 4.69) is 13.2 Å². The Morgan fingerprint density at radius 1 is 0.786 bits per heavy atom. The maximum absolute atomic E-state index is 11.3. The molecule has 1 aliphatic carbocycles. The molecule has 0 saturated heterocycles. The van der Waals surface area contributed by atoms with Gasteiger partial charge in [0.15, 0.2) is 0 Å². The van der Waals surface area contributed by atoms with Gasteiger partial charge in [0, 0.05) is 11.1 Å². The predicted molar refractivity (Wildman–Crippen MR) is 102 cm³/mol. The van der Waals surface area contributed by atoms with Gasteiger partial charge in [0.05, 0.1) is 25.4 Å². The third-order valence-electron chi connectivity index (χ3n) is 4.18. The van der Waals surface area contributed by atoms with Crippen LogP contribution in [-0.4, -0.2) is 73.0 Å². The van der Waals surface area contributed by atoms with Crippen molar-refractivity contribution < 1.29 is 38.7 Å². The molecule has 0 heterocycles. The van der Waals surface area contributed by atoms with Gasteiger partial charge in [0.2, 0.25) is 0 Å². The highest BCUT2D eigenvalue weighted by atomic mass is 16.6. The number of ether oxygens (including phenoxy) is 4. The molecule has 2 atom stereocenters. The van der Waals surface area contributed by atoms with Gasteiger partial charge in [-0.15, -0.1) is 0 Å². The number of aliphatic hydroxyl groups excluding tert-OH is 2. The molecule has 1 saturated carbocycles. The first-order valence-corrected chi connectivity index (χ1v) is 9.43. The van der Waals surface area contributed by atoms with Crippen LogP contribution in [0, 0.1) is 0 Å². The molecule has 0 aromatic carbocycles. The van der Waals surface area contributed by atoms with E-state index in [9.17, 15) is 19.8 Å². The van der Waals surface area contributed by atoms with E-state index in [4.69, 9.17) is 18.9 Å². The second-order valence-corrected chi connectivity index (χ2v) is 7.13. The lowest BCUT2D eigenvalue weighted by Crippen LogP contribution is -2.33. The molecule has 0 bridgehead atoms. The van der Waals surface area contributed by atoms with Crippen LogP contribution in [0.5, 0.6) is 0 Å². The lowest BCUT2D eigenvalue weighted by Gasteiger charge is -2.29. The summed E-state index contributed by atoms with van der Waals surface area (Å²) in [5, 5.41) is 19.6. The van der Waals surface area contributed by atoms with Crippen LogP contribution in [0.4, 0.5) is 0 Å². The number of esters is 2. The van der Waals surface area contributed by atoms with Gasteiger partial charge in [0.1, 0.15) is 25.4 Å². The summed E-state index contributed by atoms with van der Waals surface area (Å²) in [5.41, 5.74) is 0.566. The number of hydrogen-bond acceptors (Lipinski definition) is 8. The van der Waals surface area contributed by atoms with E-state index in [0.717, 1.165) is 25.7 Å². The Balaban J connectivity index is 2.13. The Morgan fingerprint density at radius 2 is 1.11 bits per heavy atom. The van der Waals surface area contributed by atoms with Crippen LogP contribution >= 0.6 is 0 Å². The lowest BCUT2D eigenvalue weighted by molar-refractivity contribution is -0.145. The van der Waals surface area contributed by atoms with Crippen LogP contribution in [-0.2, 0) is 28.5 Å². The van der Waals surface area contributed by atoms with Crippen LogP contribution in [0.1, 0.15) is 39.5 Å². The largest absolute Gasteiger partial charge is 0.460 e. The molecule has 0 radical (unpaired) electrons. The van der Waals surface area contributed by atoms with Gasteiger partial charge >= 0.3 is 11.9 Å². The molecule has 2 unspecified atom stereocenters. The Hall–Kier alpha value is -1.74. The zero-order chi connectivity index (χ0) is 21.1. The maximum Gasteiger partial charge on any atom is 0.333 e. The van der Waals surface area contributed by atoms with E-state index in [1.807, 2.05) is 0 Å². The molecule has 0 aromatic heterocycles. The summed E-state index contributed by atoms with van der Waals surface area (Å²) in [6, 6.07) is 0. The molecule has 8 heteroatoms. The van der Waals surface area contributed by atoms with Crippen molar-refractivity contribution >= 4 is 11.9 Å². The summed E-state index contributed by atoms with van der Waals surface area (Å²) in [6.07, 6.45) is 1.32. The number of carbonyl (C=O) groups excluding carboxylic acids is 2. The van der Waals surface area contributed by atoms with Crippen LogP contribution < -0.4 is 0 Å². The fourth-order valence-corrected chi connectivity index (χ4v) is 2.55. The molecule has 2 N–H and O–H groups in total. The van der Waals surface area contributed by atoms with E-state index in [1.54, 1.807) is 13.8 Å². The highest BCUT2D eigenvalue weighted by Gasteiger charge is 2.24. The van der Waals surface area contributed by atoms with Crippen molar-refractivity contribution in [1.29, 1.82) is 0 Å². The molecule has 0 amide bonds. The van der Waals surface area contributed by atoms with E-state index >= 15 is 0 Å². The standard InChI is InChI=1S/C20H32O8/c1-13(2)19(23)27-11-15(21)9-25-17-5-7-18(8-6-17)26-10-16(22)12-28-20(24)14(3)4/h15-18,21-22H,1,3,5-12H2,2,4H3. The number of rotatable bonds is 12. The minimum Gasteiger partial charge on any atom is -0.460 e. The first-order chi connectivity index (χ1) is 13.2. The van der Waals surface area contributed by atoms with Crippen molar-refractivity contribution in [3.8, 4) is 0 Å². The van der Waals surface area contributed by atoms with Crippen molar-refractivity contribution in [2.45, 2.75) is 63.9 Å². The third-order valence-corrected chi connectivity index (χ3v) is 4.18. The number of hydrogen-bond donors (Lipinski definition) is 2. The minimum absolute atomic E-state index is 0.00721. The van der Waals surface area contributed by atoms with E-state index in [0.29, 0.717) is 0 Å². The second-order valence-electron chi connectivity index (χ2n) is 7.13. The number of carbonyl (C=O) groups is 2. The Morgan fingerprint density at radius 3 is 1.39 bits per heavy atom. The summed E-state index contributed by atoms with van der Waals surface area (Å²) in [4.78, 5) is 22.5. The van der Waals surface area contributed by atoms with E-state index < -0.39 is 24.1 Å². The minimum atomic E-state index is -0.880. The third kappa shape index (κ3) is 9.98. The van der Waals surface area contributed by atoms with Gasteiger partial charge in [-0.1, -0.05) is 13.2 Å². The topological polar surface area (TPSA) is 112 Å².